The van der Waals surface area contributed by atoms with Crippen molar-refractivity contribution in [2.75, 3.05) is 17.2 Å². The third-order valence-electron chi connectivity index (χ3n) is 4.53. The Morgan fingerprint density at radius 1 is 1.13 bits per heavy atom. The van der Waals surface area contributed by atoms with Crippen LogP contribution < -0.4 is 9.64 Å². The molecule has 1 saturated heterocycles. The summed E-state index contributed by atoms with van der Waals surface area (Å²) < 4.78 is 23.8. The quantitative estimate of drug-likeness (QED) is 0.398. The van der Waals surface area contributed by atoms with E-state index in [1.807, 2.05) is 0 Å². The van der Waals surface area contributed by atoms with Crippen LogP contribution in [0.3, 0.4) is 0 Å². The molecule has 0 aliphatic carbocycles. The fourth-order valence-corrected chi connectivity index (χ4v) is 3.66. The van der Waals surface area contributed by atoms with Crippen LogP contribution in [0, 0.1) is 5.82 Å². The molecule has 1 amide bonds. The van der Waals surface area contributed by atoms with Gasteiger partial charge < -0.3 is 14.1 Å². The topological polar surface area (TPSA) is 85.5 Å². The minimum absolute atomic E-state index is 0.0455. The molecule has 0 atom stereocenters. The van der Waals surface area contributed by atoms with Crippen molar-refractivity contribution in [2.45, 2.75) is 24.7 Å². The van der Waals surface area contributed by atoms with Crippen LogP contribution >= 0.6 is 11.8 Å². The highest BCUT2D eigenvalue weighted by Crippen LogP contribution is 2.23. The third kappa shape index (κ3) is 4.85. The van der Waals surface area contributed by atoms with Gasteiger partial charge in [-0.05, 0) is 55.0 Å². The van der Waals surface area contributed by atoms with E-state index < -0.39 is 0 Å². The number of nitrogens with zero attached hydrogens (tertiary/aromatic N) is 3. The maximum absolute atomic E-state index is 12.9. The maximum Gasteiger partial charge on any atom is 0.277 e. The monoisotopic (exact) mass is 427 g/mol. The Balaban J connectivity index is 1.27. The Labute approximate surface area is 176 Å². The summed E-state index contributed by atoms with van der Waals surface area (Å²) in [5.74, 6) is 0.569. The lowest BCUT2D eigenvalue weighted by molar-refractivity contribution is -0.117. The van der Waals surface area contributed by atoms with Gasteiger partial charge in [0.2, 0.25) is 5.91 Å². The fraction of sp³-hybridized carbons (Fsp3) is 0.238. The van der Waals surface area contributed by atoms with E-state index in [1.165, 1.54) is 24.3 Å². The summed E-state index contributed by atoms with van der Waals surface area (Å²) in [4.78, 5) is 26.0. The number of hydrogen-bond donors (Lipinski definition) is 0. The van der Waals surface area contributed by atoms with Crippen molar-refractivity contribution >= 4 is 29.1 Å². The van der Waals surface area contributed by atoms with Crippen LogP contribution in [0.4, 0.5) is 10.1 Å². The standard InChI is InChI=1S/C21H18FN3O4S/c22-15-5-9-17(10-6-15)28-12-19-23-24-21(29-19)30-13-18(26)14-3-7-16(8-4-14)25-11-1-2-20(25)27/h3-10H,1-2,11-13H2. The number of rotatable bonds is 8. The molecule has 2 heterocycles. The molecule has 2 aromatic carbocycles. The number of hydrogen-bond acceptors (Lipinski definition) is 7. The molecule has 0 saturated carbocycles. The van der Waals surface area contributed by atoms with Gasteiger partial charge >= 0.3 is 0 Å². The van der Waals surface area contributed by atoms with E-state index >= 15 is 0 Å². The number of ether oxygens (including phenoxy) is 1. The predicted octanol–water partition coefficient (Wildman–Crippen LogP) is 3.89. The molecule has 0 spiro atoms. The summed E-state index contributed by atoms with van der Waals surface area (Å²) >= 11 is 1.14. The van der Waals surface area contributed by atoms with Crippen molar-refractivity contribution in [2.24, 2.45) is 0 Å². The normalized spacial score (nSPS) is 13.6. The summed E-state index contributed by atoms with van der Waals surface area (Å²) in [6.07, 6.45) is 1.43. The highest BCUT2D eigenvalue weighted by molar-refractivity contribution is 7.99. The number of anilines is 1. The fourth-order valence-electron chi connectivity index (χ4n) is 2.99. The second-order valence-electron chi connectivity index (χ2n) is 6.61. The number of carbonyl (C=O) groups excluding carboxylic acids is 2. The summed E-state index contributed by atoms with van der Waals surface area (Å²) in [6.45, 7) is 0.760. The lowest BCUT2D eigenvalue weighted by Crippen LogP contribution is -2.23. The molecular formula is C21H18FN3O4S. The molecule has 1 fully saturated rings. The Morgan fingerprint density at radius 3 is 2.60 bits per heavy atom. The number of halogens is 1. The highest BCUT2D eigenvalue weighted by Gasteiger charge is 2.21. The molecule has 0 bridgehead atoms. The van der Waals surface area contributed by atoms with Gasteiger partial charge in [0.05, 0.1) is 5.75 Å². The van der Waals surface area contributed by atoms with Crippen LogP contribution in [-0.4, -0.2) is 34.2 Å². The van der Waals surface area contributed by atoms with E-state index in [2.05, 4.69) is 10.2 Å². The molecule has 30 heavy (non-hydrogen) atoms. The minimum atomic E-state index is -0.345. The lowest BCUT2D eigenvalue weighted by atomic mass is 10.1. The van der Waals surface area contributed by atoms with Crippen LogP contribution in [0.2, 0.25) is 0 Å². The second kappa shape index (κ2) is 9.08. The van der Waals surface area contributed by atoms with Gasteiger partial charge in [0, 0.05) is 24.2 Å². The SMILES string of the molecule is O=C(CSc1nnc(COc2ccc(F)cc2)o1)c1ccc(N2CCCC2=O)cc1. The van der Waals surface area contributed by atoms with Crippen LogP contribution in [0.25, 0.3) is 0 Å². The van der Waals surface area contributed by atoms with Crippen molar-refractivity contribution in [1.82, 2.24) is 10.2 Å². The van der Waals surface area contributed by atoms with Crippen molar-refractivity contribution in [3.05, 3.63) is 65.8 Å². The second-order valence-corrected chi connectivity index (χ2v) is 7.54. The van der Waals surface area contributed by atoms with E-state index in [0.29, 0.717) is 24.3 Å². The smallest absolute Gasteiger partial charge is 0.277 e. The molecule has 1 aromatic heterocycles. The van der Waals surface area contributed by atoms with Gasteiger partial charge in [0.1, 0.15) is 11.6 Å². The molecule has 154 valence electrons. The largest absolute Gasteiger partial charge is 0.484 e. The van der Waals surface area contributed by atoms with Gasteiger partial charge in [0.15, 0.2) is 12.4 Å². The van der Waals surface area contributed by atoms with Crippen LogP contribution in [0.5, 0.6) is 5.75 Å². The zero-order valence-electron chi connectivity index (χ0n) is 15.9. The van der Waals surface area contributed by atoms with Gasteiger partial charge in [-0.15, -0.1) is 10.2 Å². The number of ketones is 1. The van der Waals surface area contributed by atoms with E-state index in [0.717, 1.165) is 23.9 Å². The van der Waals surface area contributed by atoms with Crippen molar-refractivity contribution in [3.63, 3.8) is 0 Å². The van der Waals surface area contributed by atoms with Crippen LogP contribution in [-0.2, 0) is 11.4 Å². The van der Waals surface area contributed by atoms with Gasteiger partial charge in [-0.1, -0.05) is 11.8 Å². The van der Waals surface area contributed by atoms with E-state index in [9.17, 15) is 14.0 Å². The molecule has 0 N–H and O–H groups in total. The summed E-state index contributed by atoms with van der Waals surface area (Å²) in [6, 6.07) is 12.6. The van der Waals surface area contributed by atoms with Gasteiger partial charge in [-0.3, -0.25) is 9.59 Å². The molecule has 1 aliphatic heterocycles. The van der Waals surface area contributed by atoms with E-state index in [-0.39, 0.29) is 41.0 Å². The van der Waals surface area contributed by atoms with Gasteiger partial charge in [-0.25, -0.2) is 4.39 Å². The van der Waals surface area contributed by atoms with Crippen molar-refractivity contribution in [1.29, 1.82) is 0 Å². The van der Waals surface area contributed by atoms with E-state index in [1.54, 1.807) is 29.2 Å². The number of aromatic nitrogens is 2. The van der Waals surface area contributed by atoms with Gasteiger partial charge in [-0.2, -0.15) is 0 Å². The lowest BCUT2D eigenvalue weighted by Gasteiger charge is -2.15. The van der Waals surface area contributed by atoms with E-state index in [4.69, 9.17) is 9.15 Å². The first-order valence-corrected chi connectivity index (χ1v) is 10.3. The van der Waals surface area contributed by atoms with Crippen LogP contribution in [0.1, 0.15) is 29.1 Å². The first-order valence-electron chi connectivity index (χ1n) is 9.36. The van der Waals surface area contributed by atoms with Crippen molar-refractivity contribution in [3.8, 4) is 5.75 Å². The molecule has 7 nitrogen and oxygen atoms in total. The average Bonchev–Trinajstić information content (AvgIpc) is 3.40. The predicted molar refractivity (Wildman–Crippen MR) is 108 cm³/mol. The molecular weight excluding hydrogens is 409 g/mol. The molecule has 9 heteroatoms. The summed E-state index contributed by atoms with van der Waals surface area (Å²) in [5.41, 5.74) is 1.36. The molecule has 4 rings (SSSR count). The van der Waals surface area contributed by atoms with Gasteiger partial charge in [0.25, 0.3) is 11.1 Å². The number of carbonyl (C=O) groups is 2. The third-order valence-corrected chi connectivity index (χ3v) is 5.34. The average molecular weight is 427 g/mol. The Hall–Kier alpha value is -3.20. The highest BCUT2D eigenvalue weighted by atomic mass is 32.2. The van der Waals surface area contributed by atoms with Crippen molar-refractivity contribution < 1.29 is 23.1 Å². The summed E-state index contributed by atoms with van der Waals surface area (Å²) in [5, 5.41) is 8.03. The minimum Gasteiger partial charge on any atom is -0.484 e. The first kappa shape index (κ1) is 20.1. The zero-order valence-corrected chi connectivity index (χ0v) is 16.7. The number of amides is 1. The Morgan fingerprint density at radius 2 is 1.90 bits per heavy atom. The summed E-state index contributed by atoms with van der Waals surface area (Å²) in [7, 11) is 0. The Kier molecular flexibility index (Phi) is 6.08. The van der Waals surface area contributed by atoms with Crippen LogP contribution in [0.15, 0.2) is 58.2 Å². The molecule has 1 aliphatic rings. The maximum atomic E-state index is 12.9. The number of thioether (sulfide) groups is 1. The zero-order chi connectivity index (χ0) is 20.9. The molecule has 3 aromatic rings. The number of Topliss-reactive ketones (excluding diaryl/α,β-unsaturated/α-hetero) is 1. The molecule has 0 unspecified atom stereocenters. The first-order chi connectivity index (χ1) is 14.6. The molecule has 0 radical (unpaired) electrons. The number of benzene rings is 2. The Bertz CT molecular complexity index is 1040.